The van der Waals surface area contributed by atoms with Crippen LogP contribution >= 0.6 is 0 Å². The van der Waals surface area contributed by atoms with Crippen molar-refractivity contribution in [3.8, 4) is 0 Å². The quantitative estimate of drug-likeness (QED) is 0.512. The van der Waals surface area contributed by atoms with E-state index in [1.54, 1.807) is 0 Å². The molecule has 4 N–H and O–H groups in total. The van der Waals surface area contributed by atoms with Gasteiger partial charge in [0.05, 0.1) is 24.4 Å². The van der Waals surface area contributed by atoms with E-state index >= 15 is 0 Å². The van der Waals surface area contributed by atoms with E-state index in [1.165, 1.54) is 0 Å². The SMILES string of the molecule is OC1CCC(C2CCC(O)CC2O)C(O)C1. The highest BCUT2D eigenvalue weighted by molar-refractivity contribution is 4.90. The van der Waals surface area contributed by atoms with Gasteiger partial charge in [-0.25, -0.2) is 0 Å². The minimum Gasteiger partial charge on any atom is -0.393 e. The van der Waals surface area contributed by atoms with Crippen LogP contribution in [0.4, 0.5) is 0 Å². The Hall–Kier alpha value is -0.160. The summed E-state index contributed by atoms with van der Waals surface area (Å²) >= 11 is 0. The summed E-state index contributed by atoms with van der Waals surface area (Å²) in [5.41, 5.74) is 0. The third-order valence-corrected chi connectivity index (χ3v) is 4.23. The van der Waals surface area contributed by atoms with Gasteiger partial charge in [-0.15, -0.1) is 0 Å². The summed E-state index contributed by atoms with van der Waals surface area (Å²) < 4.78 is 0. The molecular weight excluding hydrogens is 208 g/mol. The molecule has 0 radical (unpaired) electrons. The molecule has 6 atom stereocenters. The lowest BCUT2D eigenvalue weighted by atomic mass is 9.69. The maximum Gasteiger partial charge on any atom is 0.0596 e. The molecule has 6 unspecified atom stereocenters. The van der Waals surface area contributed by atoms with Crippen molar-refractivity contribution in [1.29, 1.82) is 0 Å². The van der Waals surface area contributed by atoms with Crippen LogP contribution < -0.4 is 0 Å². The fourth-order valence-electron chi connectivity index (χ4n) is 3.30. The second-order valence-electron chi connectivity index (χ2n) is 5.40. The van der Waals surface area contributed by atoms with Gasteiger partial charge in [-0.3, -0.25) is 0 Å². The molecule has 0 aromatic carbocycles. The predicted molar refractivity (Wildman–Crippen MR) is 58.7 cm³/mol. The van der Waals surface area contributed by atoms with Crippen LogP contribution in [0.5, 0.6) is 0 Å². The maximum atomic E-state index is 9.94. The molecule has 0 spiro atoms. The average molecular weight is 230 g/mol. The zero-order valence-corrected chi connectivity index (χ0v) is 9.50. The van der Waals surface area contributed by atoms with E-state index in [9.17, 15) is 20.4 Å². The molecule has 0 amide bonds. The summed E-state index contributed by atoms with van der Waals surface area (Å²) in [6.07, 6.45) is 2.06. The van der Waals surface area contributed by atoms with Crippen molar-refractivity contribution in [2.45, 2.75) is 62.9 Å². The van der Waals surface area contributed by atoms with Gasteiger partial charge in [-0.2, -0.15) is 0 Å². The molecule has 0 aliphatic heterocycles. The number of hydrogen-bond acceptors (Lipinski definition) is 4. The van der Waals surface area contributed by atoms with Crippen LogP contribution in [0.3, 0.4) is 0 Å². The molecule has 0 aromatic rings. The van der Waals surface area contributed by atoms with Crippen molar-refractivity contribution in [3.05, 3.63) is 0 Å². The van der Waals surface area contributed by atoms with Gasteiger partial charge in [0, 0.05) is 0 Å². The van der Waals surface area contributed by atoms with Crippen molar-refractivity contribution in [1.82, 2.24) is 0 Å². The fraction of sp³-hybridized carbons (Fsp3) is 1.00. The highest BCUT2D eigenvalue weighted by atomic mass is 16.3. The normalized spacial score (nSPS) is 50.2. The van der Waals surface area contributed by atoms with Gasteiger partial charge in [0.15, 0.2) is 0 Å². The molecule has 0 heterocycles. The Morgan fingerprint density at radius 1 is 0.562 bits per heavy atom. The van der Waals surface area contributed by atoms with Gasteiger partial charge in [-0.05, 0) is 50.4 Å². The summed E-state index contributed by atoms with van der Waals surface area (Å²) in [5.74, 6) is 0.178. The Bertz CT molecular complexity index is 209. The van der Waals surface area contributed by atoms with E-state index in [4.69, 9.17) is 0 Å². The number of hydrogen-bond donors (Lipinski definition) is 4. The molecule has 4 nitrogen and oxygen atoms in total. The summed E-state index contributed by atoms with van der Waals surface area (Å²) in [5, 5.41) is 38.8. The average Bonchev–Trinajstić information content (AvgIpc) is 2.19. The lowest BCUT2D eigenvalue weighted by Crippen LogP contribution is -2.44. The topological polar surface area (TPSA) is 80.9 Å². The predicted octanol–water partition coefficient (Wildman–Crippen LogP) is 0.0302. The highest BCUT2D eigenvalue weighted by Gasteiger charge is 2.39. The van der Waals surface area contributed by atoms with Crippen LogP contribution in [0.15, 0.2) is 0 Å². The highest BCUT2D eigenvalue weighted by Crippen LogP contribution is 2.38. The maximum absolute atomic E-state index is 9.94. The molecule has 0 saturated heterocycles. The first-order valence-electron chi connectivity index (χ1n) is 6.30. The molecule has 2 aliphatic carbocycles. The van der Waals surface area contributed by atoms with Crippen LogP contribution in [0, 0.1) is 11.8 Å². The summed E-state index contributed by atoms with van der Waals surface area (Å²) in [6.45, 7) is 0. The minimum atomic E-state index is -0.501. The monoisotopic (exact) mass is 230 g/mol. The van der Waals surface area contributed by atoms with Crippen molar-refractivity contribution in [3.63, 3.8) is 0 Å². The van der Waals surface area contributed by atoms with E-state index in [1.807, 2.05) is 0 Å². The zero-order chi connectivity index (χ0) is 11.7. The second kappa shape index (κ2) is 5.00. The number of aliphatic hydroxyl groups is 4. The Kier molecular flexibility index (Phi) is 3.85. The van der Waals surface area contributed by atoms with Gasteiger partial charge in [0.2, 0.25) is 0 Å². The minimum absolute atomic E-state index is 0.0888. The molecule has 94 valence electrons. The third kappa shape index (κ3) is 2.56. The van der Waals surface area contributed by atoms with E-state index in [0.717, 1.165) is 12.8 Å². The van der Waals surface area contributed by atoms with Crippen LogP contribution in [0.1, 0.15) is 38.5 Å². The third-order valence-electron chi connectivity index (χ3n) is 4.23. The first-order chi connectivity index (χ1) is 7.58. The summed E-state index contributed by atoms with van der Waals surface area (Å²) in [7, 11) is 0. The van der Waals surface area contributed by atoms with Crippen LogP contribution in [-0.4, -0.2) is 44.8 Å². The van der Waals surface area contributed by atoms with Crippen LogP contribution in [-0.2, 0) is 0 Å². The standard InChI is InChI=1S/C12H22O4/c13-7-1-3-9(11(15)5-7)10-4-2-8(14)6-12(10)16/h7-16H,1-6H2. The van der Waals surface area contributed by atoms with Crippen molar-refractivity contribution in [2.24, 2.45) is 11.8 Å². The molecule has 2 fully saturated rings. The second-order valence-corrected chi connectivity index (χ2v) is 5.40. The van der Waals surface area contributed by atoms with E-state index in [2.05, 4.69) is 0 Å². The Morgan fingerprint density at radius 3 is 1.25 bits per heavy atom. The van der Waals surface area contributed by atoms with Crippen molar-refractivity contribution < 1.29 is 20.4 Å². The van der Waals surface area contributed by atoms with Crippen LogP contribution in [0.2, 0.25) is 0 Å². The van der Waals surface area contributed by atoms with Gasteiger partial charge in [0.1, 0.15) is 0 Å². The molecule has 2 aliphatic rings. The number of rotatable bonds is 1. The van der Waals surface area contributed by atoms with E-state index in [-0.39, 0.29) is 11.8 Å². The largest absolute Gasteiger partial charge is 0.393 e. The van der Waals surface area contributed by atoms with Crippen LogP contribution in [0.25, 0.3) is 0 Å². The first kappa shape index (κ1) is 12.3. The number of aliphatic hydroxyl groups excluding tert-OH is 4. The Morgan fingerprint density at radius 2 is 0.938 bits per heavy atom. The molecule has 2 rings (SSSR count). The van der Waals surface area contributed by atoms with Gasteiger partial charge in [-0.1, -0.05) is 0 Å². The van der Waals surface area contributed by atoms with E-state index < -0.39 is 24.4 Å². The Labute approximate surface area is 95.9 Å². The molecule has 0 aromatic heterocycles. The fourth-order valence-corrected chi connectivity index (χ4v) is 3.30. The zero-order valence-electron chi connectivity index (χ0n) is 9.50. The van der Waals surface area contributed by atoms with Gasteiger partial charge in [0.25, 0.3) is 0 Å². The summed E-state index contributed by atoms with van der Waals surface area (Å²) in [4.78, 5) is 0. The summed E-state index contributed by atoms with van der Waals surface area (Å²) in [6, 6.07) is 0. The van der Waals surface area contributed by atoms with Gasteiger partial charge < -0.3 is 20.4 Å². The van der Waals surface area contributed by atoms with E-state index in [0.29, 0.717) is 25.7 Å². The molecule has 0 bridgehead atoms. The first-order valence-corrected chi connectivity index (χ1v) is 6.30. The smallest absolute Gasteiger partial charge is 0.0596 e. The molecular formula is C12H22O4. The van der Waals surface area contributed by atoms with Crippen molar-refractivity contribution >= 4 is 0 Å². The van der Waals surface area contributed by atoms with Crippen molar-refractivity contribution in [2.75, 3.05) is 0 Å². The Balaban J connectivity index is 1.96. The molecule has 2 saturated carbocycles. The molecule has 4 heteroatoms. The lowest BCUT2D eigenvalue weighted by molar-refractivity contribution is -0.0783. The lowest BCUT2D eigenvalue weighted by Gasteiger charge is -2.41. The van der Waals surface area contributed by atoms with Gasteiger partial charge >= 0.3 is 0 Å². The molecule has 16 heavy (non-hydrogen) atoms.